The fourth-order valence-corrected chi connectivity index (χ4v) is 3.13. The lowest BCUT2D eigenvalue weighted by Crippen LogP contribution is -2.52. The van der Waals surface area contributed by atoms with Crippen molar-refractivity contribution < 1.29 is 4.79 Å². The average molecular weight is 296 g/mol. The van der Waals surface area contributed by atoms with Crippen molar-refractivity contribution in [2.45, 2.75) is 26.3 Å². The van der Waals surface area contributed by atoms with Crippen molar-refractivity contribution in [1.82, 2.24) is 19.4 Å². The molecule has 4 rings (SSSR count). The Morgan fingerprint density at radius 1 is 1.27 bits per heavy atom. The zero-order valence-electron chi connectivity index (χ0n) is 12.8. The highest BCUT2D eigenvalue weighted by Crippen LogP contribution is 2.34. The Morgan fingerprint density at radius 2 is 2.00 bits per heavy atom. The van der Waals surface area contributed by atoms with Crippen molar-refractivity contribution in [2.75, 3.05) is 13.1 Å². The lowest BCUT2D eigenvalue weighted by molar-refractivity contribution is -0.139. The molecule has 0 N–H and O–H groups in total. The second kappa shape index (κ2) is 5.23. The molecule has 2 aromatic rings. The van der Waals surface area contributed by atoms with Crippen LogP contribution >= 0.6 is 0 Å². The van der Waals surface area contributed by atoms with Gasteiger partial charge in [-0.3, -0.25) is 9.78 Å². The summed E-state index contributed by atoms with van der Waals surface area (Å²) >= 11 is 0. The Hall–Kier alpha value is -2.17. The smallest absolute Gasteiger partial charge is 0.225 e. The number of hydrogen-bond donors (Lipinski definition) is 0. The standard InChI is InChI=1S/C17H20N4O/c1-12-8-19-16(14-4-6-18-7-5-14)21(12)11-13-9-20(10-13)17(22)15-2-3-15/h4-8,13,15H,2-3,9-11H2,1H3. The highest BCUT2D eigenvalue weighted by Gasteiger charge is 2.39. The van der Waals surface area contributed by atoms with Crippen LogP contribution in [0.15, 0.2) is 30.7 Å². The van der Waals surface area contributed by atoms with Crippen LogP contribution in [0.5, 0.6) is 0 Å². The molecule has 114 valence electrons. The van der Waals surface area contributed by atoms with Gasteiger partial charge in [0, 0.05) is 61.3 Å². The molecule has 1 saturated carbocycles. The van der Waals surface area contributed by atoms with Crippen LogP contribution < -0.4 is 0 Å². The van der Waals surface area contributed by atoms with Crippen LogP contribution in [0.2, 0.25) is 0 Å². The molecule has 0 unspecified atom stereocenters. The zero-order chi connectivity index (χ0) is 15.1. The fourth-order valence-electron chi connectivity index (χ4n) is 3.13. The van der Waals surface area contributed by atoms with Crippen molar-refractivity contribution in [3.05, 3.63) is 36.4 Å². The monoisotopic (exact) mass is 296 g/mol. The normalized spacial score (nSPS) is 18.3. The summed E-state index contributed by atoms with van der Waals surface area (Å²) in [5.41, 5.74) is 2.26. The molecule has 0 spiro atoms. The molecule has 0 radical (unpaired) electrons. The van der Waals surface area contributed by atoms with Gasteiger partial charge in [0.1, 0.15) is 5.82 Å². The van der Waals surface area contributed by atoms with Crippen LogP contribution in [0.1, 0.15) is 18.5 Å². The Bertz CT molecular complexity index is 684. The fraction of sp³-hybridized carbons (Fsp3) is 0.471. The SMILES string of the molecule is Cc1cnc(-c2ccncc2)n1CC1CN(C(=O)C2CC2)C1. The van der Waals surface area contributed by atoms with E-state index in [0.29, 0.717) is 17.7 Å². The largest absolute Gasteiger partial charge is 0.342 e. The van der Waals surface area contributed by atoms with Gasteiger partial charge < -0.3 is 9.47 Å². The van der Waals surface area contributed by atoms with Crippen LogP contribution in [0.4, 0.5) is 0 Å². The minimum atomic E-state index is 0.336. The molecule has 2 aliphatic rings. The summed E-state index contributed by atoms with van der Waals surface area (Å²) in [6.45, 7) is 4.80. The predicted octanol–water partition coefficient (Wildman–Crippen LogP) is 2.12. The van der Waals surface area contributed by atoms with Gasteiger partial charge in [0.2, 0.25) is 5.91 Å². The van der Waals surface area contributed by atoms with E-state index in [1.54, 1.807) is 12.4 Å². The number of pyridine rings is 1. The number of amides is 1. The molecule has 0 aromatic carbocycles. The van der Waals surface area contributed by atoms with E-state index in [2.05, 4.69) is 21.5 Å². The molecule has 0 bridgehead atoms. The third-order valence-electron chi connectivity index (χ3n) is 4.63. The van der Waals surface area contributed by atoms with Gasteiger partial charge in [-0.2, -0.15) is 0 Å². The highest BCUT2D eigenvalue weighted by molar-refractivity contribution is 5.81. The van der Waals surface area contributed by atoms with Crippen molar-refractivity contribution >= 4 is 5.91 Å². The number of nitrogens with zero attached hydrogens (tertiary/aromatic N) is 4. The molecule has 22 heavy (non-hydrogen) atoms. The molecule has 3 heterocycles. The molecule has 1 aliphatic heterocycles. The second-order valence-electron chi connectivity index (χ2n) is 6.45. The first kappa shape index (κ1) is 13.5. The minimum absolute atomic E-state index is 0.336. The van der Waals surface area contributed by atoms with E-state index in [1.165, 1.54) is 5.69 Å². The summed E-state index contributed by atoms with van der Waals surface area (Å²) in [6.07, 6.45) is 7.69. The number of hydrogen-bond acceptors (Lipinski definition) is 3. The molecule has 5 heteroatoms. The quantitative estimate of drug-likeness (QED) is 0.868. The topological polar surface area (TPSA) is 51.0 Å². The molecule has 1 saturated heterocycles. The summed E-state index contributed by atoms with van der Waals surface area (Å²) in [5, 5.41) is 0. The maximum absolute atomic E-state index is 12.0. The number of aryl methyl sites for hydroxylation is 1. The molecule has 5 nitrogen and oxygen atoms in total. The molecular formula is C17H20N4O. The van der Waals surface area contributed by atoms with E-state index in [0.717, 1.165) is 43.9 Å². The number of carbonyl (C=O) groups excluding carboxylic acids is 1. The van der Waals surface area contributed by atoms with Crippen LogP contribution in [-0.4, -0.2) is 38.4 Å². The summed E-state index contributed by atoms with van der Waals surface area (Å²) in [7, 11) is 0. The summed E-state index contributed by atoms with van der Waals surface area (Å²) in [4.78, 5) is 22.6. The first-order valence-electron chi connectivity index (χ1n) is 7.93. The zero-order valence-corrected chi connectivity index (χ0v) is 12.8. The van der Waals surface area contributed by atoms with E-state index in [-0.39, 0.29) is 0 Å². The van der Waals surface area contributed by atoms with Crippen molar-refractivity contribution in [3.8, 4) is 11.4 Å². The van der Waals surface area contributed by atoms with Crippen LogP contribution in [0.25, 0.3) is 11.4 Å². The maximum Gasteiger partial charge on any atom is 0.225 e. The van der Waals surface area contributed by atoms with Crippen LogP contribution in [0.3, 0.4) is 0 Å². The third kappa shape index (κ3) is 2.40. The van der Waals surface area contributed by atoms with Crippen molar-refractivity contribution in [2.24, 2.45) is 11.8 Å². The summed E-state index contributed by atoms with van der Waals surface area (Å²) in [5.74, 6) is 2.24. The molecule has 0 atom stereocenters. The van der Waals surface area contributed by atoms with Gasteiger partial charge in [-0.05, 0) is 31.9 Å². The molecule has 1 aliphatic carbocycles. The average Bonchev–Trinajstić information content (AvgIpc) is 3.28. The number of aromatic nitrogens is 3. The number of carbonyl (C=O) groups is 1. The van der Waals surface area contributed by atoms with Gasteiger partial charge >= 0.3 is 0 Å². The van der Waals surface area contributed by atoms with Gasteiger partial charge in [0.15, 0.2) is 0 Å². The Morgan fingerprint density at radius 3 is 2.68 bits per heavy atom. The number of rotatable bonds is 4. The number of likely N-dealkylation sites (tertiary alicyclic amines) is 1. The molecule has 2 aromatic heterocycles. The Kier molecular flexibility index (Phi) is 3.21. The van der Waals surface area contributed by atoms with Gasteiger partial charge in [0.05, 0.1) is 0 Å². The van der Waals surface area contributed by atoms with E-state index < -0.39 is 0 Å². The maximum atomic E-state index is 12.0. The first-order chi connectivity index (χ1) is 10.7. The molecule has 1 amide bonds. The molecule has 2 fully saturated rings. The highest BCUT2D eigenvalue weighted by atomic mass is 16.2. The Balaban J connectivity index is 1.46. The van der Waals surface area contributed by atoms with Gasteiger partial charge in [-0.15, -0.1) is 0 Å². The van der Waals surface area contributed by atoms with E-state index in [9.17, 15) is 4.79 Å². The van der Waals surface area contributed by atoms with Crippen LogP contribution in [-0.2, 0) is 11.3 Å². The van der Waals surface area contributed by atoms with E-state index in [1.807, 2.05) is 23.2 Å². The van der Waals surface area contributed by atoms with Gasteiger partial charge in [0.25, 0.3) is 0 Å². The van der Waals surface area contributed by atoms with Gasteiger partial charge in [-0.25, -0.2) is 4.98 Å². The van der Waals surface area contributed by atoms with Crippen molar-refractivity contribution in [1.29, 1.82) is 0 Å². The summed E-state index contributed by atoms with van der Waals surface area (Å²) in [6, 6.07) is 3.98. The minimum Gasteiger partial charge on any atom is -0.342 e. The molecular weight excluding hydrogens is 276 g/mol. The third-order valence-corrected chi connectivity index (χ3v) is 4.63. The predicted molar refractivity (Wildman–Crippen MR) is 83.0 cm³/mol. The van der Waals surface area contributed by atoms with E-state index >= 15 is 0 Å². The van der Waals surface area contributed by atoms with E-state index in [4.69, 9.17) is 0 Å². The van der Waals surface area contributed by atoms with Crippen LogP contribution in [0, 0.1) is 18.8 Å². The van der Waals surface area contributed by atoms with Crippen molar-refractivity contribution in [3.63, 3.8) is 0 Å². The first-order valence-corrected chi connectivity index (χ1v) is 7.93. The number of imidazole rings is 1. The lowest BCUT2D eigenvalue weighted by Gasteiger charge is -2.40. The Labute approximate surface area is 130 Å². The lowest BCUT2D eigenvalue weighted by atomic mass is 9.99. The second-order valence-corrected chi connectivity index (χ2v) is 6.45. The van der Waals surface area contributed by atoms with Gasteiger partial charge in [-0.1, -0.05) is 0 Å². The summed E-state index contributed by atoms with van der Waals surface area (Å²) < 4.78 is 2.26.